The molecule has 32 heavy (non-hydrogen) atoms. The fraction of sp³-hybridized carbons (Fsp3) is 0.370. The van der Waals surface area contributed by atoms with Crippen molar-refractivity contribution < 1.29 is 9.53 Å². The van der Waals surface area contributed by atoms with Crippen molar-refractivity contribution in [3.8, 4) is 5.75 Å². The summed E-state index contributed by atoms with van der Waals surface area (Å²) in [5.74, 6) is 0.971. The first-order chi connectivity index (χ1) is 15.6. The Bertz CT molecular complexity index is 1220. The molecule has 1 spiro atoms. The molecule has 0 bridgehead atoms. The lowest BCUT2D eigenvalue weighted by Gasteiger charge is -2.43. The molecular formula is C27H29N3O2. The molecule has 3 aromatic rings. The van der Waals surface area contributed by atoms with Crippen molar-refractivity contribution in [2.45, 2.75) is 37.8 Å². The number of rotatable bonds is 2. The summed E-state index contributed by atoms with van der Waals surface area (Å²) in [6.45, 7) is 3.85. The Balaban J connectivity index is 1.21. The quantitative estimate of drug-likeness (QED) is 0.648. The van der Waals surface area contributed by atoms with Crippen LogP contribution in [0.15, 0.2) is 48.7 Å². The Hall–Kier alpha value is -3.05. The number of hydrogen-bond donors (Lipinski definition) is 1. The predicted octanol–water partition coefficient (Wildman–Crippen LogP) is 4.63. The van der Waals surface area contributed by atoms with E-state index >= 15 is 0 Å². The Morgan fingerprint density at radius 1 is 1.09 bits per heavy atom. The van der Waals surface area contributed by atoms with Gasteiger partial charge in [-0.1, -0.05) is 24.3 Å². The van der Waals surface area contributed by atoms with E-state index in [4.69, 9.17) is 4.74 Å². The van der Waals surface area contributed by atoms with Gasteiger partial charge in [0.05, 0.1) is 18.5 Å². The molecule has 3 aliphatic heterocycles. The van der Waals surface area contributed by atoms with Crippen LogP contribution in [0.25, 0.3) is 17.0 Å². The number of hydrogen-bond acceptors (Lipinski definition) is 4. The minimum atomic E-state index is -0.322. The number of ether oxygens (including phenoxy) is 1. The number of piperidine rings is 1. The Morgan fingerprint density at radius 3 is 2.81 bits per heavy atom. The second-order valence-electron chi connectivity index (χ2n) is 9.61. The van der Waals surface area contributed by atoms with Gasteiger partial charge in [-0.3, -0.25) is 4.79 Å². The maximum atomic E-state index is 12.8. The molecule has 5 heteroatoms. The van der Waals surface area contributed by atoms with Gasteiger partial charge in [0.25, 0.3) is 0 Å². The summed E-state index contributed by atoms with van der Waals surface area (Å²) < 4.78 is 6.49. The number of likely N-dealkylation sites (tertiary alicyclic amines) is 1. The average Bonchev–Trinajstić information content (AvgIpc) is 3.17. The van der Waals surface area contributed by atoms with Crippen LogP contribution >= 0.6 is 0 Å². The summed E-state index contributed by atoms with van der Waals surface area (Å²) >= 11 is 0. The van der Waals surface area contributed by atoms with Gasteiger partial charge < -0.3 is 19.5 Å². The topological polar surface area (TPSA) is 48.6 Å². The molecule has 0 saturated carbocycles. The van der Waals surface area contributed by atoms with Gasteiger partial charge >= 0.3 is 0 Å². The summed E-state index contributed by atoms with van der Waals surface area (Å²) in [5, 5.41) is 1.35. The van der Waals surface area contributed by atoms with Crippen LogP contribution in [0.5, 0.6) is 5.75 Å². The monoisotopic (exact) mass is 427 g/mol. The third-order valence-corrected chi connectivity index (χ3v) is 7.40. The van der Waals surface area contributed by atoms with Crippen LogP contribution in [0.2, 0.25) is 0 Å². The molecule has 5 nitrogen and oxygen atoms in total. The van der Waals surface area contributed by atoms with Gasteiger partial charge in [0.1, 0.15) is 11.4 Å². The van der Waals surface area contributed by atoms with E-state index in [1.807, 2.05) is 18.2 Å². The summed E-state index contributed by atoms with van der Waals surface area (Å²) in [6.07, 6.45) is 7.68. The fourth-order valence-corrected chi connectivity index (χ4v) is 5.45. The first-order valence-corrected chi connectivity index (χ1v) is 11.6. The zero-order valence-corrected chi connectivity index (χ0v) is 18.6. The zero-order chi connectivity index (χ0) is 21.7. The predicted molar refractivity (Wildman–Crippen MR) is 127 cm³/mol. The first kappa shape index (κ1) is 19.6. The van der Waals surface area contributed by atoms with E-state index < -0.39 is 0 Å². The number of ketones is 1. The second kappa shape index (κ2) is 7.52. The van der Waals surface area contributed by atoms with Crippen LogP contribution in [0.1, 0.15) is 46.4 Å². The van der Waals surface area contributed by atoms with Crippen molar-refractivity contribution in [3.05, 3.63) is 71.0 Å². The molecular weight excluding hydrogens is 398 g/mol. The van der Waals surface area contributed by atoms with E-state index in [0.29, 0.717) is 6.42 Å². The number of nitrogens with zero attached hydrogens (tertiary/aromatic N) is 2. The highest BCUT2D eigenvalue weighted by molar-refractivity contribution is 6.00. The summed E-state index contributed by atoms with van der Waals surface area (Å²) in [6, 6.07) is 14.6. The minimum absolute atomic E-state index is 0.216. The summed E-state index contributed by atoms with van der Waals surface area (Å²) in [4.78, 5) is 21.1. The number of carbonyl (C=O) groups is 1. The van der Waals surface area contributed by atoms with Crippen LogP contribution in [0, 0.1) is 0 Å². The first-order valence-electron chi connectivity index (χ1n) is 11.6. The maximum absolute atomic E-state index is 12.8. The highest BCUT2D eigenvalue weighted by Crippen LogP contribution is 2.39. The van der Waals surface area contributed by atoms with Crippen LogP contribution in [0.3, 0.4) is 0 Å². The largest absolute Gasteiger partial charge is 0.486 e. The molecule has 0 aliphatic carbocycles. The van der Waals surface area contributed by atoms with E-state index in [1.54, 1.807) is 0 Å². The van der Waals surface area contributed by atoms with E-state index in [9.17, 15) is 4.79 Å². The zero-order valence-electron chi connectivity index (χ0n) is 18.6. The number of aromatic amines is 1. The van der Waals surface area contributed by atoms with Crippen molar-refractivity contribution in [3.63, 3.8) is 0 Å². The molecule has 0 radical (unpaired) electrons. The van der Waals surface area contributed by atoms with Gasteiger partial charge in [0.2, 0.25) is 0 Å². The number of nitrogens with one attached hydrogen (secondary N) is 1. The Kier molecular flexibility index (Phi) is 4.61. The molecule has 3 aliphatic rings. The number of H-pyrrole nitrogens is 1. The normalized spacial score (nSPS) is 20.5. The van der Waals surface area contributed by atoms with Crippen LogP contribution in [-0.4, -0.2) is 52.9 Å². The van der Waals surface area contributed by atoms with Crippen molar-refractivity contribution in [1.82, 2.24) is 14.8 Å². The second-order valence-corrected chi connectivity index (χ2v) is 9.61. The van der Waals surface area contributed by atoms with E-state index in [1.165, 1.54) is 22.2 Å². The van der Waals surface area contributed by atoms with Gasteiger partial charge in [0.15, 0.2) is 5.78 Å². The Morgan fingerprint density at radius 2 is 1.94 bits per heavy atom. The summed E-state index contributed by atoms with van der Waals surface area (Å²) in [5.41, 5.74) is 5.47. The molecule has 6 rings (SSSR count). The van der Waals surface area contributed by atoms with E-state index in [0.717, 1.165) is 62.3 Å². The third-order valence-electron chi connectivity index (χ3n) is 7.40. The van der Waals surface area contributed by atoms with Crippen LogP contribution in [0.4, 0.5) is 0 Å². The van der Waals surface area contributed by atoms with E-state index in [2.05, 4.69) is 58.4 Å². The van der Waals surface area contributed by atoms with Crippen molar-refractivity contribution in [2.24, 2.45) is 0 Å². The number of fused-ring (bicyclic) bond motifs is 4. The molecule has 1 fully saturated rings. The Labute approximate surface area is 188 Å². The van der Waals surface area contributed by atoms with E-state index in [-0.39, 0.29) is 11.4 Å². The lowest BCUT2D eigenvalue weighted by atomic mass is 9.82. The smallest absolute Gasteiger partial charge is 0.170 e. The number of carbonyl (C=O) groups excluding carboxylic acids is 1. The molecule has 164 valence electrons. The standard InChI is InChI=1S/C27H29N3O2/c1-29-14-10-27(11-15-29)17-25(31)22-7-6-19(16-26(22)32-27)8-12-30-13-9-21-20-4-2-3-5-23(20)28-24(21)18-30/h2-8,12,16,28H,9-11,13-15,17-18H2,1H3/b12-8+. The molecule has 1 N–H and O–H groups in total. The summed E-state index contributed by atoms with van der Waals surface area (Å²) in [7, 11) is 2.13. The van der Waals surface area contributed by atoms with Gasteiger partial charge in [-0.05, 0) is 48.9 Å². The maximum Gasteiger partial charge on any atom is 0.170 e. The number of para-hydroxylation sites is 1. The SMILES string of the molecule is CN1CCC2(CC1)CC(=O)c1ccc(/C=C/N3CCc4c([nH]c5ccccc45)C3)cc1O2. The number of benzene rings is 2. The van der Waals surface area contributed by atoms with Gasteiger partial charge in [-0.15, -0.1) is 0 Å². The molecule has 0 atom stereocenters. The molecule has 4 heterocycles. The van der Waals surface area contributed by atoms with Gasteiger partial charge in [0, 0.05) is 55.3 Å². The molecule has 0 unspecified atom stereocenters. The van der Waals surface area contributed by atoms with Crippen molar-refractivity contribution in [1.29, 1.82) is 0 Å². The molecule has 1 aromatic heterocycles. The van der Waals surface area contributed by atoms with Crippen LogP contribution in [-0.2, 0) is 13.0 Å². The number of aromatic nitrogens is 1. The third kappa shape index (κ3) is 3.41. The highest BCUT2D eigenvalue weighted by Gasteiger charge is 2.42. The van der Waals surface area contributed by atoms with Gasteiger partial charge in [-0.2, -0.15) is 0 Å². The average molecular weight is 428 g/mol. The lowest BCUT2D eigenvalue weighted by Crippen LogP contribution is -2.50. The lowest BCUT2D eigenvalue weighted by molar-refractivity contribution is -0.00368. The highest BCUT2D eigenvalue weighted by atomic mass is 16.5. The molecule has 0 amide bonds. The molecule has 2 aromatic carbocycles. The molecule has 1 saturated heterocycles. The van der Waals surface area contributed by atoms with Gasteiger partial charge in [-0.25, -0.2) is 0 Å². The van der Waals surface area contributed by atoms with Crippen molar-refractivity contribution >= 4 is 22.8 Å². The van der Waals surface area contributed by atoms with Crippen molar-refractivity contribution in [2.75, 3.05) is 26.7 Å². The minimum Gasteiger partial charge on any atom is -0.486 e. The van der Waals surface area contributed by atoms with Crippen LogP contribution < -0.4 is 4.74 Å². The number of Topliss-reactive ketones (excluding diaryl/α,β-unsaturated/α-hetero) is 1. The fourth-order valence-electron chi connectivity index (χ4n) is 5.45.